The molecule has 1 N–H and O–H groups in total. The molecule has 0 radical (unpaired) electrons. The third-order valence-corrected chi connectivity index (χ3v) is 4.80. The predicted octanol–water partition coefficient (Wildman–Crippen LogP) is 5.70. The molecule has 0 atom stereocenters. The molecule has 5 heteroatoms. The molecule has 132 valence electrons. The predicted molar refractivity (Wildman–Crippen MR) is 111 cm³/mol. The number of nitrogens with zero attached hydrogens (tertiary/aromatic N) is 1. The van der Waals surface area contributed by atoms with E-state index >= 15 is 0 Å². The van der Waals surface area contributed by atoms with Crippen LogP contribution in [0.3, 0.4) is 0 Å². The van der Waals surface area contributed by atoms with Crippen molar-refractivity contribution in [2.45, 2.75) is 0 Å². The second-order valence-electron chi connectivity index (χ2n) is 6.11. The van der Waals surface area contributed by atoms with Crippen LogP contribution in [0.25, 0.3) is 21.5 Å². The van der Waals surface area contributed by atoms with Crippen molar-refractivity contribution in [1.82, 2.24) is 0 Å². The van der Waals surface area contributed by atoms with Crippen molar-refractivity contribution in [3.63, 3.8) is 0 Å². The summed E-state index contributed by atoms with van der Waals surface area (Å²) in [7, 11) is 0. The van der Waals surface area contributed by atoms with Crippen LogP contribution >= 0.6 is 12.6 Å². The van der Waals surface area contributed by atoms with Crippen LogP contribution in [-0.2, 0) is 0 Å². The Hall–Kier alpha value is -3.31. The van der Waals surface area contributed by atoms with Gasteiger partial charge in [-0.3, -0.25) is 14.5 Å². The molecule has 0 aliphatic carbocycles. The lowest BCUT2D eigenvalue weighted by Crippen LogP contribution is -2.20. The van der Waals surface area contributed by atoms with Gasteiger partial charge in [-0.25, -0.2) is 0 Å². The first kappa shape index (κ1) is 17.1. The zero-order valence-corrected chi connectivity index (χ0v) is 15.1. The molecule has 0 bridgehead atoms. The number of amides is 1. The second-order valence-corrected chi connectivity index (χ2v) is 6.49. The van der Waals surface area contributed by atoms with Gasteiger partial charge in [0.1, 0.15) is 5.75 Å². The van der Waals surface area contributed by atoms with Crippen molar-refractivity contribution in [2.24, 2.45) is 0 Å². The van der Waals surface area contributed by atoms with Crippen LogP contribution in [0.2, 0.25) is 0 Å². The average Bonchev–Trinajstić information content (AvgIpc) is 2.69. The van der Waals surface area contributed by atoms with Crippen LogP contribution in [0.15, 0.2) is 72.8 Å². The zero-order chi connectivity index (χ0) is 19.0. The van der Waals surface area contributed by atoms with E-state index < -0.39 is 5.24 Å². The molecule has 0 aromatic heterocycles. The second kappa shape index (κ2) is 6.78. The molecular weight excluding hydrogens is 358 g/mol. The highest BCUT2D eigenvalue weighted by atomic mass is 32.1. The Bertz CT molecular complexity index is 1200. The number of anilines is 2. The molecule has 0 aliphatic rings. The van der Waals surface area contributed by atoms with Gasteiger partial charge in [0.05, 0.1) is 11.4 Å². The van der Waals surface area contributed by atoms with Gasteiger partial charge in [0, 0.05) is 16.3 Å². The Balaban J connectivity index is 2.08. The van der Waals surface area contributed by atoms with Crippen molar-refractivity contribution in [2.75, 3.05) is 4.90 Å². The Labute approximate surface area is 161 Å². The number of fused-ring (bicyclic) bond motifs is 2. The van der Waals surface area contributed by atoms with Crippen molar-refractivity contribution in [1.29, 1.82) is 0 Å². The zero-order valence-electron chi connectivity index (χ0n) is 14.2. The molecule has 0 saturated heterocycles. The number of aldehydes is 1. The van der Waals surface area contributed by atoms with Crippen LogP contribution in [-0.4, -0.2) is 16.6 Å². The molecular formula is C22H15NO3S. The maximum atomic E-state index is 12.5. The molecule has 0 unspecified atom stereocenters. The van der Waals surface area contributed by atoms with E-state index in [-0.39, 0.29) is 5.75 Å². The number of phenolic OH excluding ortho intramolecular Hbond substituents is 1. The summed E-state index contributed by atoms with van der Waals surface area (Å²) < 4.78 is 0. The van der Waals surface area contributed by atoms with E-state index in [4.69, 9.17) is 0 Å². The van der Waals surface area contributed by atoms with Crippen molar-refractivity contribution < 1.29 is 14.7 Å². The standard InChI is InChI=1S/C22H15NO3S/c24-13-15-9-11-19(18-8-4-3-6-16(15)18)23(22(26)27)21-17-7-2-1-5-14(17)10-12-20(21)25/h1-13,25H,(H,26,27). The summed E-state index contributed by atoms with van der Waals surface area (Å²) in [6.07, 6.45) is 0.786. The lowest BCUT2D eigenvalue weighted by molar-refractivity contribution is 0.112. The van der Waals surface area contributed by atoms with Crippen molar-refractivity contribution >= 4 is 57.1 Å². The molecule has 0 saturated carbocycles. The normalized spacial score (nSPS) is 10.9. The third kappa shape index (κ3) is 2.82. The quantitative estimate of drug-likeness (QED) is 0.358. The van der Waals surface area contributed by atoms with Crippen molar-refractivity contribution in [3.8, 4) is 5.75 Å². The Kier molecular flexibility index (Phi) is 4.30. The molecule has 4 aromatic carbocycles. The van der Waals surface area contributed by atoms with Gasteiger partial charge in [0.25, 0.3) is 5.24 Å². The van der Waals surface area contributed by atoms with E-state index in [1.807, 2.05) is 48.5 Å². The molecule has 0 fully saturated rings. The van der Waals surface area contributed by atoms with E-state index in [0.29, 0.717) is 16.9 Å². The van der Waals surface area contributed by atoms with E-state index in [1.54, 1.807) is 24.3 Å². The van der Waals surface area contributed by atoms with Gasteiger partial charge in [0.2, 0.25) is 0 Å². The van der Waals surface area contributed by atoms with Gasteiger partial charge in [-0.15, -0.1) is 0 Å². The van der Waals surface area contributed by atoms with Gasteiger partial charge in [-0.05, 0) is 29.0 Å². The van der Waals surface area contributed by atoms with Crippen LogP contribution in [0.1, 0.15) is 10.4 Å². The number of carbonyl (C=O) groups is 2. The maximum absolute atomic E-state index is 12.5. The van der Waals surface area contributed by atoms with Crippen LogP contribution in [0.5, 0.6) is 5.75 Å². The lowest BCUT2D eigenvalue weighted by Gasteiger charge is -2.25. The van der Waals surface area contributed by atoms with Crippen LogP contribution < -0.4 is 4.90 Å². The first-order valence-electron chi connectivity index (χ1n) is 8.32. The summed E-state index contributed by atoms with van der Waals surface area (Å²) in [6.45, 7) is 0. The van der Waals surface area contributed by atoms with Crippen LogP contribution in [0.4, 0.5) is 16.2 Å². The Morgan fingerprint density at radius 2 is 1.52 bits per heavy atom. The molecule has 1 amide bonds. The number of thiol groups is 1. The largest absolute Gasteiger partial charge is 0.506 e. The Morgan fingerprint density at radius 1 is 0.852 bits per heavy atom. The van der Waals surface area contributed by atoms with E-state index in [0.717, 1.165) is 27.8 Å². The smallest absolute Gasteiger partial charge is 0.287 e. The van der Waals surface area contributed by atoms with E-state index in [1.165, 1.54) is 4.90 Å². The minimum atomic E-state index is -0.536. The first-order valence-corrected chi connectivity index (χ1v) is 8.77. The number of aromatic hydroxyl groups is 1. The first-order chi connectivity index (χ1) is 13.1. The number of rotatable bonds is 3. The molecule has 0 spiro atoms. The van der Waals surface area contributed by atoms with Gasteiger partial charge in [0.15, 0.2) is 6.29 Å². The lowest BCUT2D eigenvalue weighted by atomic mass is 10.0. The van der Waals surface area contributed by atoms with Crippen molar-refractivity contribution in [3.05, 3.63) is 78.4 Å². The number of benzene rings is 4. The summed E-state index contributed by atoms with van der Waals surface area (Å²) in [5.74, 6) is -0.0281. The van der Waals surface area contributed by atoms with Gasteiger partial charge in [-0.1, -0.05) is 67.2 Å². The fraction of sp³-hybridized carbons (Fsp3) is 0. The number of hydrogen-bond donors (Lipinski definition) is 2. The fourth-order valence-corrected chi connectivity index (χ4v) is 3.61. The molecule has 4 rings (SSSR count). The van der Waals surface area contributed by atoms with Gasteiger partial charge < -0.3 is 5.11 Å². The Morgan fingerprint density at radius 3 is 2.22 bits per heavy atom. The highest BCUT2D eigenvalue weighted by molar-refractivity contribution is 7.97. The summed E-state index contributed by atoms with van der Waals surface area (Å²) in [5.41, 5.74) is 1.43. The summed E-state index contributed by atoms with van der Waals surface area (Å²) >= 11 is 4.07. The molecule has 27 heavy (non-hydrogen) atoms. The van der Waals surface area contributed by atoms with E-state index in [9.17, 15) is 14.7 Å². The van der Waals surface area contributed by atoms with Crippen LogP contribution in [0, 0.1) is 0 Å². The minimum absolute atomic E-state index is 0.0281. The third-order valence-electron chi connectivity index (χ3n) is 4.60. The monoisotopic (exact) mass is 373 g/mol. The number of hydrogen-bond acceptors (Lipinski definition) is 3. The van der Waals surface area contributed by atoms with Gasteiger partial charge >= 0.3 is 0 Å². The topological polar surface area (TPSA) is 57.6 Å². The highest BCUT2D eigenvalue weighted by Crippen LogP contribution is 2.42. The summed E-state index contributed by atoms with van der Waals surface area (Å²) in [5, 5.41) is 13.1. The van der Waals surface area contributed by atoms with Gasteiger partial charge in [-0.2, -0.15) is 0 Å². The number of phenols is 1. The minimum Gasteiger partial charge on any atom is -0.506 e. The van der Waals surface area contributed by atoms with E-state index in [2.05, 4.69) is 12.6 Å². The SMILES string of the molecule is O=Cc1ccc(N(C(=O)S)c2c(O)ccc3ccccc23)c2ccccc12. The molecule has 4 nitrogen and oxygen atoms in total. The molecule has 4 aromatic rings. The highest BCUT2D eigenvalue weighted by Gasteiger charge is 2.23. The maximum Gasteiger partial charge on any atom is 0.287 e. The molecule has 0 aliphatic heterocycles. The molecule has 0 heterocycles. The average molecular weight is 373 g/mol. The summed E-state index contributed by atoms with van der Waals surface area (Å²) in [6, 6.07) is 21.5. The fourth-order valence-electron chi connectivity index (χ4n) is 3.40. The summed E-state index contributed by atoms with van der Waals surface area (Å²) in [4.78, 5) is 25.3. The number of carbonyl (C=O) groups excluding carboxylic acids is 2.